The second-order valence-corrected chi connectivity index (χ2v) is 3.62. The normalized spacial score (nSPS) is 9.35. The van der Waals surface area contributed by atoms with Gasteiger partial charge < -0.3 is 10.2 Å². The van der Waals surface area contributed by atoms with E-state index in [0.717, 1.165) is 0 Å². The molecule has 0 saturated heterocycles. The smallest absolute Gasteiger partial charge is 0.241 e. The molecule has 0 aromatic carbocycles. The Labute approximate surface area is 102 Å². The summed E-state index contributed by atoms with van der Waals surface area (Å²) in [5.41, 5.74) is 8.56. The molecule has 8 nitrogen and oxygen atoms in total. The predicted molar refractivity (Wildman–Crippen MR) is 63.0 cm³/mol. The highest BCUT2D eigenvalue weighted by atomic mass is 35.5. The fraction of sp³-hybridized carbons (Fsp3) is 0.375. The average molecular weight is 256 g/mol. The number of aromatic nitrogens is 2. The molecule has 0 aliphatic rings. The Hall–Kier alpha value is -2.05. The van der Waals surface area contributed by atoms with Gasteiger partial charge in [0.15, 0.2) is 11.0 Å². The van der Waals surface area contributed by atoms with E-state index in [0.29, 0.717) is 0 Å². The van der Waals surface area contributed by atoms with Gasteiger partial charge in [-0.2, -0.15) is 0 Å². The van der Waals surface area contributed by atoms with Crippen molar-refractivity contribution in [2.24, 2.45) is 5.11 Å². The zero-order valence-corrected chi connectivity index (χ0v) is 10.0. The Morgan fingerprint density at radius 2 is 2.35 bits per heavy atom. The van der Waals surface area contributed by atoms with E-state index in [1.807, 2.05) is 0 Å². The number of nitrogens with one attached hydrogen (secondary N) is 1. The number of hydrogen-bond acceptors (Lipinski definition) is 5. The van der Waals surface area contributed by atoms with E-state index >= 15 is 0 Å². The van der Waals surface area contributed by atoms with Gasteiger partial charge in [0.05, 0.1) is 12.2 Å². The Bertz CT molecular complexity index is 469. The van der Waals surface area contributed by atoms with Gasteiger partial charge in [-0.25, -0.2) is 0 Å². The molecule has 17 heavy (non-hydrogen) atoms. The number of anilines is 1. The molecule has 0 spiro atoms. The number of amides is 1. The van der Waals surface area contributed by atoms with Crippen molar-refractivity contribution >= 4 is 29.0 Å². The quantitative estimate of drug-likeness (QED) is 0.500. The summed E-state index contributed by atoms with van der Waals surface area (Å²) in [6.45, 7) is 0.0251. The highest BCUT2D eigenvalue weighted by Crippen LogP contribution is 2.24. The first-order valence-electron chi connectivity index (χ1n) is 4.57. The molecule has 0 atom stereocenters. The average Bonchev–Trinajstić information content (AvgIpc) is 2.28. The SMILES string of the molecule is CN(C)C(=O)CNc1nnc(Cl)cc1N=[N+]=[N-]. The van der Waals surface area contributed by atoms with Crippen molar-refractivity contribution in [1.29, 1.82) is 0 Å². The third-order valence-corrected chi connectivity index (χ3v) is 1.99. The first-order chi connectivity index (χ1) is 8.04. The standard InChI is InChI=1S/C8H10ClN7O/c1-16(2)7(17)4-11-8-5(12-15-10)3-6(9)13-14-8/h3H,4H2,1-2H3,(H,11,14). The minimum absolute atomic E-state index is 0.0251. The minimum atomic E-state index is -0.145. The van der Waals surface area contributed by atoms with E-state index in [1.54, 1.807) is 14.1 Å². The number of likely N-dealkylation sites (N-methyl/N-ethyl adjacent to an activating group) is 1. The summed E-state index contributed by atoms with van der Waals surface area (Å²) in [4.78, 5) is 15.4. The Morgan fingerprint density at radius 3 is 2.94 bits per heavy atom. The summed E-state index contributed by atoms with van der Waals surface area (Å²) < 4.78 is 0. The van der Waals surface area contributed by atoms with Crippen molar-refractivity contribution in [3.8, 4) is 0 Å². The number of hydrogen-bond donors (Lipinski definition) is 1. The summed E-state index contributed by atoms with van der Waals surface area (Å²) in [6.07, 6.45) is 0. The zero-order valence-electron chi connectivity index (χ0n) is 9.25. The van der Waals surface area contributed by atoms with Gasteiger partial charge in [-0.1, -0.05) is 16.7 Å². The van der Waals surface area contributed by atoms with Crippen LogP contribution in [0.4, 0.5) is 11.5 Å². The topological polar surface area (TPSA) is 107 Å². The van der Waals surface area contributed by atoms with E-state index in [4.69, 9.17) is 17.1 Å². The third kappa shape index (κ3) is 3.78. The fourth-order valence-electron chi connectivity index (χ4n) is 0.927. The van der Waals surface area contributed by atoms with Gasteiger partial charge in [0.1, 0.15) is 0 Å². The van der Waals surface area contributed by atoms with E-state index in [2.05, 4.69) is 25.5 Å². The van der Waals surface area contributed by atoms with Crippen LogP contribution in [0.25, 0.3) is 10.4 Å². The first kappa shape index (κ1) is 13.0. The summed E-state index contributed by atoms with van der Waals surface area (Å²) in [5, 5.41) is 13.5. The molecule has 9 heteroatoms. The van der Waals surface area contributed by atoms with Crippen LogP contribution in [-0.4, -0.2) is 41.6 Å². The fourth-order valence-corrected chi connectivity index (χ4v) is 1.07. The van der Waals surface area contributed by atoms with Crippen LogP contribution in [0.1, 0.15) is 0 Å². The molecule has 0 radical (unpaired) electrons. The van der Waals surface area contributed by atoms with Crippen LogP contribution in [0.5, 0.6) is 0 Å². The van der Waals surface area contributed by atoms with Gasteiger partial charge in [-0.05, 0) is 11.6 Å². The van der Waals surface area contributed by atoms with Crippen molar-refractivity contribution in [2.45, 2.75) is 0 Å². The highest BCUT2D eigenvalue weighted by Gasteiger charge is 2.08. The van der Waals surface area contributed by atoms with Gasteiger partial charge in [0, 0.05) is 19.0 Å². The summed E-state index contributed by atoms with van der Waals surface area (Å²) >= 11 is 5.61. The lowest BCUT2D eigenvalue weighted by molar-refractivity contribution is -0.126. The van der Waals surface area contributed by atoms with Crippen LogP contribution in [0, 0.1) is 0 Å². The maximum atomic E-state index is 11.3. The van der Waals surface area contributed by atoms with Crippen molar-refractivity contribution in [3.05, 3.63) is 21.7 Å². The largest absolute Gasteiger partial charge is 0.359 e. The summed E-state index contributed by atoms with van der Waals surface area (Å²) in [6, 6.07) is 1.36. The monoisotopic (exact) mass is 255 g/mol. The van der Waals surface area contributed by atoms with Gasteiger partial charge in [0.25, 0.3) is 0 Å². The summed E-state index contributed by atoms with van der Waals surface area (Å²) in [7, 11) is 3.26. The second kappa shape index (κ2) is 5.88. The molecule has 1 rings (SSSR count). The van der Waals surface area contributed by atoms with Gasteiger partial charge in [-0.15, -0.1) is 10.2 Å². The molecule has 0 bridgehead atoms. The van der Waals surface area contributed by atoms with Crippen molar-refractivity contribution < 1.29 is 4.79 Å². The molecular formula is C8H10ClN7O. The number of rotatable bonds is 4. The maximum absolute atomic E-state index is 11.3. The molecule has 0 saturated carbocycles. The molecule has 0 aliphatic heterocycles. The van der Waals surface area contributed by atoms with Crippen LogP contribution in [0.3, 0.4) is 0 Å². The molecule has 1 aromatic heterocycles. The van der Waals surface area contributed by atoms with Gasteiger partial charge >= 0.3 is 0 Å². The van der Waals surface area contributed by atoms with Crippen LogP contribution in [-0.2, 0) is 4.79 Å². The number of carbonyl (C=O) groups excluding carboxylic acids is 1. The molecular weight excluding hydrogens is 246 g/mol. The summed E-state index contributed by atoms with van der Waals surface area (Å²) in [5.74, 6) is 0.0658. The lowest BCUT2D eigenvalue weighted by Crippen LogP contribution is -2.28. The lowest BCUT2D eigenvalue weighted by atomic mass is 10.4. The minimum Gasteiger partial charge on any atom is -0.359 e. The molecule has 0 unspecified atom stereocenters. The molecule has 1 amide bonds. The Morgan fingerprint density at radius 1 is 1.65 bits per heavy atom. The predicted octanol–water partition coefficient (Wildman–Crippen LogP) is 1.57. The Balaban J connectivity index is 2.83. The molecule has 1 N–H and O–H groups in total. The molecule has 0 fully saturated rings. The van der Waals surface area contributed by atoms with Crippen molar-refractivity contribution in [1.82, 2.24) is 15.1 Å². The first-order valence-corrected chi connectivity index (χ1v) is 4.94. The van der Waals surface area contributed by atoms with Gasteiger partial charge in [-0.3, -0.25) is 4.79 Å². The zero-order chi connectivity index (χ0) is 12.8. The number of azide groups is 1. The van der Waals surface area contributed by atoms with Crippen molar-refractivity contribution in [2.75, 3.05) is 26.0 Å². The molecule has 1 heterocycles. The van der Waals surface area contributed by atoms with Crippen LogP contribution < -0.4 is 5.32 Å². The second-order valence-electron chi connectivity index (χ2n) is 3.23. The molecule has 1 aromatic rings. The van der Waals surface area contributed by atoms with Gasteiger partial charge in [0.2, 0.25) is 5.91 Å². The van der Waals surface area contributed by atoms with Crippen LogP contribution >= 0.6 is 11.6 Å². The van der Waals surface area contributed by atoms with Crippen LogP contribution in [0.15, 0.2) is 11.2 Å². The van der Waals surface area contributed by atoms with E-state index < -0.39 is 0 Å². The maximum Gasteiger partial charge on any atom is 0.241 e. The number of carbonyl (C=O) groups is 1. The van der Waals surface area contributed by atoms with E-state index in [-0.39, 0.29) is 29.1 Å². The number of nitrogens with zero attached hydrogens (tertiary/aromatic N) is 6. The third-order valence-electron chi connectivity index (χ3n) is 1.80. The van der Waals surface area contributed by atoms with Crippen molar-refractivity contribution in [3.63, 3.8) is 0 Å². The Kier molecular flexibility index (Phi) is 4.50. The highest BCUT2D eigenvalue weighted by molar-refractivity contribution is 6.29. The van der Waals surface area contributed by atoms with Crippen LogP contribution in [0.2, 0.25) is 5.15 Å². The number of halogens is 1. The van der Waals surface area contributed by atoms with E-state index in [1.165, 1.54) is 11.0 Å². The molecule has 90 valence electrons. The molecule has 0 aliphatic carbocycles. The lowest BCUT2D eigenvalue weighted by Gasteiger charge is -2.11. The van der Waals surface area contributed by atoms with E-state index in [9.17, 15) is 4.79 Å².